The Kier molecular flexibility index (Phi) is 2.86. The van der Waals surface area contributed by atoms with Gasteiger partial charge in [0.15, 0.2) is 11.6 Å². The highest BCUT2D eigenvalue weighted by Gasteiger charge is 2.30. The molecule has 17 heavy (non-hydrogen) atoms. The van der Waals surface area contributed by atoms with E-state index >= 15 is 0 Å². The molecule has 0 fully saturated rings. The third-order valence-corrected chi connectivity index (χ3v) is 2.90. The van der Waals surface area contributed by atoms with Crippen molar-refractivity contribution in [3.05, 3.63) is 34.3 Å². The fraction of sp³-hybridized carbons (Fsp3) is 0.100. The number of halogens is 4. The van der Waals surface area contributed by atoms with Crippen LogP contribution in [0.1, 0.15) is 5.56 Å². The molecule has 2 N–H and O–H groups in total. The van der Waals surface area contributed by atoms with Crippen LogP contribution in [-0.4, -0.2) is 5.16 Å². The van der Waals surface area contributed by atoms with Crippen molar-refractivity contribution in [1.29, 1.82) is 0 Å². The zero-order chi connectivity index (χ0) is 12.6. The van der Waals surface area contributed by atoms with E-state index < -0.39 is 11.7 Å². The average Bonchev–Trinajstić information content (AvgIpc) is 2.59. The molecule has 90 valence electrons. The van der Waals surface area contributed by atoms with Gasteiger partial charge in [0.05, 0.1) is 5.56 Å². The van der Waals surface area contributed by atoms with Gasteiger partial charge in [-0.15, -0.1) is 0 Å². The van der Waals surface area contributed by atoms with Gasteiger partial charge in [-0.3, -0.25) is 0 Å². The molecule has 1 aromatic carbocycles. The maximum Gasteiger partial charge on any atom is 0.416 e. The molecule has 3 nitrogen and oxygen atoms in total. The number of benzene rings is 1. The van der Waals surface area contributed by atoms with Crippen molar-refractivity contribution in [3.8, 4) is 11.3 Å². The van der Waals surface area contributed by atoms with Gasteiger partial charge >= 0.3 is 6.18 Å². The molecule has 0 saturated carbocycles. The van der Waals surface area contributed by atoms with Crippen LogP contribution in [-0.2, 0) is 6.18 Å². The largest absolute Gasteiger partial charge is 0.416 e. The number of rotatable bonds is 1. The van der Waals surface area contributed by atoms with E-state index in [9.17, 15) is 13.2 Å². The minimum atomic E-state index is -4.35. The van der Waals surface area contributed by atoms with E-state index in [0.29, 0.717) is 15.8 Å². The molecule has 7 heteroatoms. The van der Waals surface area contributed by atoms with Crippen LogP contribution < -0.4 is 5.73 Å². The Morgan fingerprint density at radius 3 is 2.18 bits per heavy atom. The third kappa shape index (κ3) is 2.28. The number of hydrogen-bond donors (Lipinski definition) is 1. The lowest BCUT2D eigenvalue weighted by molar-refractivity contribution is -0.137. The summed E-state index contributed by atoms with van der Waals surface area (Å²) in [7, 11) is 0. The Labute approximate surface area is 103 Å². The normalized spacial score (nSPS) is 11.8. The fourth-order valence-electron chi connectivity index (χ4n) is 1.28. The summed E-state index contributed by atoms with van der Waals surface area (Å²) in [5.74, 6) is 0.455. The van der Waals surface area contributed by atoms with E-state index in [1.54, 1.807) is 0 Å². The second-order valence-corrected chi connectivity index (χ2v) is 4.08. The van der Waals surface area contributed by atoms with Crippen molar-refractivity contribution in [2.24, 2.45) is 0 Å². The highest BCUT2D eigenvalue weighted by atomic mass is 79.9. The van der Waals surface area contributed by atoms with Gasteiger partial charge in [0.1, 0.15) is 4.47 Å². The van der Waals surface area contributed by atoms with Crippen LogP contribution >= 0.6 is 15.9 Å². The topological polar surface area (TPSA) is 52.0 Å². The predicted molar refractivity (Wildman–Crippen MR) is 59.1 cm³/mol. The van der Waals surface area contributed by atoms with Gasteiger partial charge < -0.3 is 10.3 Å². The van der Waals surface area contributed by atoms with E-state index in [2.05, 4.69) is 21.1 Å². The van der Waals surface area contributed by atoms with Gasteiger partial charge in [-0.05, 0) is 28.1 Å². The van der Waals surface area contributed by atoms with Gasteiger partial charge in [-0.25, -0.2) is 0 Å². The number of aromatic nitrogens is 1. The zero-order valence-electron chi connectivity index (χ0n) is 8.25. The molecule has 0 aliphatic heterocycles. The Balaban J connectivity index is 2.40. The molecule has 0 unspecified atom stereocenters. The number of anilines is 1. The highest BCUT2D eigenvalue weighted by molar-refractivity contribution is 9.10. The molecule has 1 aromatic heterocycles. The van der Waals surface area contributed by atoms with Gasteiger partial charge in [0, 0.05) is 5.56 Å². The second-order valence-electron chi connectivity index (χ2n) is 3.29. The lowest BCUT2D eigenvalue weighted by atomic mass is 10.1. The summed E-state index contributed by atoms with van der Waals surface area (Å²) in [5.41, 5.74) is 5.19. The van der Waals surface area contributed by atoms with Crippen molar-refractivity contribution in [3.63, 3.8) is 0 Å². The number of hydrogen-bond acceptors (Lipinski definition) is 3. The SMILES string of the molecule is Nc1noc(-c2ccc(C(F)(F)F)cc2)c1Br. The van der Waals surface area contributed by atoms with Crippen LogP contribution in [0.5, 0.6) is 0 Å². The summed E-state index contributed by atoms with van der Waals surface area (Å²) in [6, 6.07) is 4.54. The molecule has 0 aliphatic carbocycles. The number of nitrogens with two attached hydrogens (primary N) is 1. The van der Waals surface area contributed by atoms with E-state index in [0.717, 1.165) is 12.1 Å². The maximum atomic E-state index is 12.3. The molecule has 1 heterocycles. The molecular formula is C10H6BrF3N2O. The van der Waals surface area contributed by atoms with Crippen LogP contribution in [0.3, 0.4) is 0 Å². The Morgan fingerprint density at radius 1 is 1.18 bits per heavy atom. The molecule has 0 spiro atoms. The van der Waals surface area contributed by atoms with E-state index in [4.69, 9.17) is 10.3 Å². The Bertz CT molecular complexity index is 533. The fourth-order valence-corrected chi connectivity index (χ4v) is 1.65. The van der Waals surface area contributed by atoms with Crippen molar-refractivity contribution < 1.29 is 17.7 Å². The smallest absolute Gasteiger partial charge is 0.380 e. The second kappa shape index (κ2) is 4.06. The standard InChI is InChI=1S/C10H6BrF3N2O/c11-7-8(17-16-9(7)15)5-1-3-6(4-2-5)10(12,13)14/h1-4H,(H2,15,16). The monoisotopic (exact) mass is 306 g/mol. The molecule has 0 bridgehead atoms. The number of nitrogen functional groups attached to an aromatic ring is 1. The van der Waals surface area contributed by atoms with Gasteiger partial charge in [-0.2, -0.15) is 13.2 Å². The summed E-state index contributed by atoms with van der Waals surface area (Å²) in [5, 5.41) is 3.50. The Hall–Kier alpha value is -1.50. The summed E-state index contributed by atoms with van der Waals surface area (Å²) in [4.78, 5) is 0. The van der Waals surface area contributed by atoms with Gasteiger partial charge in [-0.1, -0.05) is 17.3 Å². The quantitative estimate of drug-likeness (QED) is 0.874. The molecule has 2 rings (SSSR count). The first-order chi connectivity index (χ1) is 7.89. The van der Waals surface area contributed by atoms with Crippen LogP contribution in [0, 0.1) is 0 Å². The van der Waals surface area contributed by atoms with E-state index in [1.807, 2.05) is 0 Å². The first-order valence-electron chi connectivity index (χ1n) is 4.48. The third-order valence-electron chi connectivity index (χ3n) is 2.13. The predicted octanol–water partition coefficient (Wildman–Crippen LogP) is 3.71. The maximum absolute atomic E-state index is 12.3. The van der Waals surface area contributed by atoms with Crippen LogP contribution in [0.25, 0.3) is 11.3 Å². The first-order valence-corrected chi connectivity index (χ1v) is 5.27. The summed E-state index contributed by atoms with van der Waals surface area (Å²) >= 11 is 3.14. The van der Waals surface area contributed by atoms with Crippen molar-refractivity contribution in [2.45, 2.75) is 6.18 Å². The lowest BCUT2D eigenvalue weighted by Gasteiger charge is -2.06. The molecular weight excluding hydrogens is 301 g/mol. The van der Waals surface area contributed by atoms with Crippen molar-refractivity contribution in [1.82, 2.24) is 5.16 Å². The summed E-state index contributed by atoms with van der Waals surface area (Å²) in [6.07, 6.45) is -4.35. The van der Waals surface area contributed by atoms with E-state index in [1.165, 1.54) is 12.1 Å². The summed E-state index contributed by atoms with van der Waals surface area (Å²) < 4.78 is 42.4. The van der Waals surface area contributed by atoms with Crippen LogP contribution in [0.15, 0.2) is 33.3 Å². The van der Waals surface area contributed by atoms with Crippen LogP contribution in [0.2, 0.25) is 0 Å². The van der Waals surface area contributed by atoms with Gasteiger partial charge in [0.25, 0.3) is 0 Å². The summed E-state index contributed by atoms with van der Waals surface area (Å²) in [6.45, 7) is 0. The molecule has 0 atom stereocenters. The minimum Gasteiger partial charge on any atom is -0.380 e. The van der Waals surface area contributed by atoms with Crippen LogP contribution in [0.4, 0.5) is 19.0 Å². The highest BCUT2D eigenvalue weighted by Crippen LogP contribution is 2.35. The number of nitrogens with zero attached hydrogens (tertiary/aromatic N) is 1. The van der Waals surface area contributed by atoms with E-state index in [-0.39, 0.29) is 5.82 Å². The molecule has 0 aliphatic rings. The minimum absolute atomic E-state index is 0.153. The lowest BCUT2D eigenvalue weighted by Crippen LogP contribution is -2.03. The van der Waals surface area contributed by atoms with Crippen molar-refractivity contribution in [2.75, 3.05) is 5.73 Å². The average molecular weight is 307 g/mol. The molecule has 0 radical (unpaired) electrons. The molecule has 2 aromatic rings. The van der Waals surface area contributed by atoms with Crippen molar-refractivity contribution >= 4 is 21.7 Å². The molecule has 0 amide bonds. The molecule has 0 saturated heterocycles. The Morgan fingerprint density at radius 2 is 1.76 bits per heavy atom. The number of alkyl halides is 3. The first kappa shape index (κ1) is 12.0. The zero-order valence-corrected chi connectivity index (χ0v) is 9.84. The van der Waals surface area contributed by atoms with Gasteiger partial charge in [0.2, 0.25) is 0 Å².